The second-order valence-corrected chi connectivity index (χ2v) is 8.98. The quantitative estimate of drug-likeness (QED) is 0.596. The Hall–Kier alpha value is -2.63. The lowest BCUT2D eigenvalue weighted by Crippen LogP contribution is -2.45. The summed E-state index contributed by atoms with van der Waals surface area (Å²) in [4.78, 5) is 38.3. The van der Waals surface area contributed by atoms with Crippen molar-refractivity contribution in [3.63, 3.8) is 0 Å². The third-order valence-electron chi connectivity index (χ3n) is 4.90. The van der Waals surface area contributed by atoms with Gasteiger partial charge in [0.25, 0.3) is 15.7 Å². The normalized spacial score (nSPS) is 15.5. The zero-order chi connectivity index (χ0) is 23.4. The van der Waals surface area contributed by atoms with Crippen LogP contribution in [0.2, 0.25) is 0 Å². The average Bonchev–Trinajstić information content (AvgIpc) is 2.72. The molecule has 12 heteroatoms. The summed E-state index contributed by atoms with van der Waals surface area (Å²) in [5.41, 5.74) is -5.50. The molecule has 1 aliphatic rings. The van der Waals surface area contributed by atoms with Crippen molar-refractivity contribution in [1.82, 2.24) is 9.80 Å². The summed E-state index contributed by atoms with van der Waals surface area (Å²) >= 11 is 0. The van der Waals surface area contributed by atoms with Crippen molar-refractivity contribution in [2.75, 3.05) is 33.3 Å². The number of amides is 2. The van der Waals surface area contributed by atoms with Crippen LogP contribution in [0.3, 0.4) is 0 Å². The lowest BCUT2D eigenvalue weighted by Gasteiger charge is -2.32. The van der Waals surface area contributed by atoms with Crippen molar-refractivity contribution in [2.24, 2.45) is 5.92 Å². The molecule has 0 atom stereocenters. The minimum Gasteiger partial charge on any atom is -0.466 e. The van der Waals surface area contributed by atoms with E-state index in [1.165, 1.54) is 11.9 Å². The van der Waals surface area contributed by atoms with Gasteiger partial charge in [0.1, 0.15) is 0 Å². The number of ether oxygens (including phenoxy) is 1. The van der Waals surface area contributed by atoms with Crippen molar-refractivity contribution in [1.29, 1.82) is 0 Å². The van der Waals surface area contributed by atoms with Crippen molar-refractivity contribution in [2.45, 2.75) is 30.2 Å². The minimum atomic E-state index is -5.51. The fourth-order valence-electron chi connectivity index (χ4n) is 3.13. The zero-order valence-electron chi connectivity index (χ0n) is 17.0. The zero-order valence-corrected chi connectivity index (χ0v) is 17.8. The first-order chi connectivity index (χ1) is 14.4. The van der Waals surface area contributed by atoms with Crippen LogP contribution in [0.4, 0.5) is 13.2 Å². The number of likely N-dealkylation sites (tertiary alicyclic amines) is 1. The number of piperidine rings is 1. The molecule has 0 radical (unpaired) electrons. The van der Waals surface area contributed by atoms with E-state index in [-0.39, 0.29) is 36.5 Å². The number of benzene rings is 1. The first-order valence-corrected chi connectivity index (χ1v) is 11.0. The number of sulfone groups is 1. The van der Waals surface area contributed by atoms with Crippen LogP contribution in [0.15, 0.2) is 29.2 Å². The number of carbonyl (C=O) groups is 3. The number of halogens is 3. The first kappa shape index (κ1) is 24.6. The Bertz CT molecular complexity index is 923. The Morgan fingerprint density at radius 2 is 1.68 bits per heavy atom. The van der Waals surface area contributed by atoms with Crippen molar-refractivity contribution >= 4 is 27.6 Å². The molecular formula is C19H23F3N2O6S. The summed E-state index contributed by atoms with van der Waals surface area (Å²) in [6.45, 7) is 2.41. The van der Waals surface area contributed by atoms with Gasteiger partial charge in [-0.1, -0.05) is 0 Å². The molecule has 1 aromatic rings. The molecule has 1 aromatic carbocycles. The number of esters is 1. The van der Waals surface area contributed by atoms with Gasteiger partial charge in [-0.15, -0.1) is 0 Å². The highest BCUT2D eigenvalue weighted by atomic mass is 32.2. The Kier molecular flexibility index (Phi) is 7.68. The standard InChI is InChI=1S/C19H23F3N2O6S/c1-3-30-18(27)14-8-10-24(11-9-14)16(25)12-23(2)17(26)13-4-6-15(7-5-13)31(28,29)19(20,21)22/h4-7,14H,3,8-12H2,1-2H3. The molecule has 172 valence electrons. The van der Waals surface area contributed by atoms with Crippen molar-refractivity contribution in [3.05, 3.63) is 29.8 Å². The van der Waals surface area contributed by atoms with Gasteiger partial charge in [-0.3, -0.25) is 14.4 Å². The van der Waals surface area contributed by atoms with E-state index in [0.29, 0.717) is 38.1 Å². The Balaban J connectivity index is 1.95. The summed E-state index contributed by atoms with van der Waals surface area (Å²) in [6, 6.07) is 3.33. The monoisotopic (exact) mass is 464 g/mol. The molecule has 0 aliphatic carbocycles. The van der Waals surface area contributed by atoms with Gasteiger partial charge in [0.05, 0.1) is 24.0 Å². The maximum atomic E-state index is 12.6. The molecule has 2 rings (SSSR count). The SMILES string of the molecule is CCOC(=O)C1CCN(C(=O)CN(C)C(=O)c2ccc(S(=O)(=O)C(F)(F)F)cc2)CC1. The fraction of sp³-hybridized carbons (Fsp3) is 0.526. The molecule has 31 heavy (non-hydrogen) atoms. The maximum Gasteiger partial charge on any atom is 0.501 e. The van der Waals surface area contributed by atoms with Gasteiger partial charge < -0.3 is 14.5 Å². The van der Waals surface area contributed by atoms with E-state index in [1.54, 1.807) is 6.92 Å². The molecule has 2 amide bonds. The van der Waals surface area contributed by atoms with Gasteiger partial charge in [-0.25, -0.2) is 8.42 Å². The minimum absolute atomic E-state index is 0.0579. The topological polar surface area (TPSA) is 101 Å². The van der Waals surface area contributed by atoms with E-state index < -0.39 is 26.1 Å². The molecule has 0 spiro atoms. The number of nitrogens with zero attached hydrogens (tertiary/aromatic N) is 2. The summed E-state index contributed by atoms with van der Waals surface area (Å²) in [7, 11) is -4.15. The second kappa shape index (κ2) is 9.67. The smallest absolute Gasteiger partial charge is 0.466 e. The second-order valence-electron chi connectivity index (χ2n) is 7.04. The van der Waals surface area contributed by atoms with Gasteiger partial charge in [0, 0.05) is 25.7 Å². The Morgan fingerprint density at radius 3 is 2.16 bits per heavy atom. The Labute approximate surface area is 177 Å². The number of hydrogen-bond acceptors (Lipinski definition) is 6. The van der Waals surface area contributed by atoms with Crippen molar-refractivity contribution < 1.29 is 40.7 Å². The third kappa shape index (κ3) is 5.75. The lowest BCUT2D eigenvalue weighted by atomic mass is 9.97. The van der Waals surface area contributed by atoms with Crippen LogP contribution in [-0.4, -0.2) is 74.8 Å². The molecule has 0 bridgehead atoms. The van der Waals surface area contributed by atoms with E-state index in [4.69, 9.17) is 4.74 Å². The van der Waals surface area contributed by atoms with E-state index >= 15 is 0 Å². The largest absolute Gasteiger partial charge is 0.501 e. The molecule has 0 saturated carbocycles. The van der Waals surface area contributed by atoms with Crippen LogP contribution >= 0.6 is 0 Å². The van der Waals surface area contributed by atoms with E-state index in [2.05, 4.69) is 0 Å². The highest BCUT2D eigenvalue weighted by Gasteiger charge is 2.46. The van der Waals surface area contributed by atoms with Crippen LogP contribution in [0.5, 0.6) is 0 Å². The number of carbonyl (C=O) groups excluding carboxylic acids is 3. The molecule has 0 unspecified atom stereocenters. The van der Waals surface area contributed by atoms with E-state index in [0.717, 1.165) is 17.0 Å². The number of alkyl halides is 3. The molecule has 0 aromatic heterocycles. The average molecular weight is 464 g/mol. The van der Waals surface area contributed by atoms with E-state index in [1.807, 2.05) is 0 Å². The molecule has 8 nitrogen and oxygen atoms in total. The maximum absolute atomic E-state index is 12.6. The fourth-order valence-corrected chi connectivity index (χ4v) is 3.89. The third-order valence-corrected chi connectivity index (χ3v) is 6.41. The van der Waals surface area contributed by atoms with Crippen LogP contribution in [0.25, 0.3) is 0 Å². The number of likely N-dealkylation sites (N-methyl/N-ethyl adjacent to an activating group) is 1. The molecular weight excluding hydrogens is 441 g/mol. The van der Waals surface area contributed by atoms with Gasteiger partial charge in [-0.2, -0.15) is 13.2 Å². The number of hydrogen-bond donors (Lipinski definition) is 0. The van der Waals surface area contributed by atoms with Gasteiger partial charge in [0.15, 0.2) is 0 Å². The van der Waals surface area contributed by atoms with Crippen LogP contribution in [0, 0.1) is 5.92 Å². The lowest BCUT2D eigenvalue weighted by molar-refractivity contribution is -0.151. The highest BCUT2D eigenvalue weighted by molar-refractivity contribution is 7.92. The number of rotatable bonds is 6. The molecule has 1 saturated heterocycles. The summed E-state index contributed by atoms with van der Waals surface area (Å²) in [5, 5.41) is 0. The van der Waals surface area contributed by atoms with Crippen LogP contribution < -0.4 is 0 Å². The predicted octanol–water partition coefficient (Wildman–Crippen LogP) is 1.85. The molecule has 0 N–H and O–H groups in total. The molecule has 1 fully saturated rings. The summed E-state index contributed by atoms with van der Waals surface area (Å²) in [6.07, 6.45) is 0.911. The van der Waals surface area contributed by atoms with Crippen LogP contribution in [0.1, 0.15) is 30.1 Å². The van der Waals surface area contributed by atoms with Crippen LogP contribution in [-0.2, 0) is 24.2 Å². The van der Waals surface area contributed by atoms with Crippen molar-refractivity contribution in [3.8, 4) is 0 Å². The summed E-state index contributed by atoms with van der Waals surface area (Å²) < 4.78 is 65.6. The predicted molar refractivity (Wildman–Crippen MR) is 103 cm³/mol. The Morgan fingerprint density at radius 1 is 1.13 bits per heavy atom. The van der Waals surface area contributed by atoms with E-state index in [9.17, 15) is 36.0 Å². The van der Waals surface area contributed by atoms with Gasteiger partial charge in [-0.05, 0) is 44.0 Å². The summed E-state index contributed by atoms with van der Waals surface area (Å²) in [5.74, 6) is -1.55. The highest BCUT2D eigenvalue weighted by Crippen LogP contribution is 2.30. The first-order valence-electron chi connectivity index (χ1n) is 9.49. The molecule has 1 aliphatic heterocycles. The molecule has 1 heterocycles. The van der Waals surface area contributed by atoms with Gasteiger partial charge in [0.2, 0.25) is 5.91 Å². The van der Waals surface area contributed by atoms with Gasteiger partial charge >= 0.3 is 11.5 Å².